The first-order valence-corrected chi connectivity index (χ1v) is 6.31. The summed E-state index contributed by atoms with van der Waals surface area (Å²) >= 11 is 0. The number of hydrogen-bond donors (Lipinski definition) is 2. The van der Waals surface area contributed by atoms with E-state index in [1.807, 2.05) is 7.05 Å². The number of rotatable bonds is 10. The van der Waals surface area contributed by atoms with Crippen LogP contribution in [0, 0.1) is 0 Å². The average molecular weight is 198 g/mol. The fraction of sp³-hybridized carbons (Fsp3) is 1.00. The molecule has 2 nitrogen and oxygen atoms in total. The van der Waals surface area contributed by atoms with E-state index in [1.165, 1.54) is 64.5 Å². The molecule has 14 heavy (non-hydrogen) atoms. The fourth-order valence-corrected chi connectivity index (χ4v) is 1.73. The van der Waals surface area contributed by atoms with E-state index in [1.54, 1.807) is 0 Å². The Hall–Kier alpha value is -0.0800. The van der Waals surface area contributed by atoms with E-state index in [0.29, 0.717) is 0 Å². The van der Waals surface area contributed by atoms with Crippen LogP contribution in [0.3, 0.4) is 0 Å². The Morgan fingerprint density at radius 1 is 0.857 bits per heavy atom. The lowest BCUT2D eigenvalue weighted by Crippen LogP contribution is -2.17. The Kier molecular flexibility index (Phi) is 7.06. The molecule has 1 fully saturated rings. The van der Waals surface area contributed by atoms with Gasteiger partial charge in [-0.25, -0.2) is 0 Å². The van der Waals surface area contributed by atoms with Crippen LogP contribution in [-0.2, 0) is 0 Å². The molecule has 1 aliphatic rings. The maximum atomic E-state index is 3.56. The highest BCUT2D eigenvalue weighted by molar-refractivity contribution is 4.80. The van der Waals surface area contributed by atoms with Crippen LogP contribution in [0.1, 0.15) is 51.4 Å². The summed E-state index contributed by atoms with van der Waals surface area (Å²) in [6, 6.07) is 0.894. The van der Waals surface area contributed by atoms with Crippen molar-refractivity contribution in [1.29, 1.82) is 0 Å². The third kappa shape index (κ3) is 7.34. The van der Waals surface area contributed by atoms with Crippen LogP contribution < -0.4 is 10.6 Å². The van der Waals surface area contributed by atoms with Crippen LogP contribution in [0.25, 0.3) is 0 Å². The molecular formula is C12H26N2. The number of nitrogens with one attached hydrogen (secondary N) is 2. The molecule has 0 aromatic carbocycles. The summed E-state index contributed by atoms with van der Waals surface area (Å²) in [5.41, 5.74) is 0. The molecule has 84 valence electrons. The monoisotopic (exact) mass is 198 g/mol. The summed E-state index contributed by atoms with van der Waals surface area (Å²) in [4.78, 5) is 0. The molecule has 1 rings (SSSR count). The van der Waals surface area contributed by atoms with Gasteiger partial charge < -0.3 is 10.6 Å². The van der Waals surface area contributed by atoms with Crippen LogP contribution in [0.4, 0.5) is 0 Å². The molecule has 0 aliphatic heterocycles. The van der Waals surface area contributed by atoms with Crippen molar-refractivity contribution in [2.45, 2.75) is 57.4 Å². The Labute approximate surface area is 88.8 Å². The highest BCUT2D eigenvalue weighted by Gasteiger charge is 2.19. The molecule has 0 atom stereocenters. The van der Waals surface area contributed by atoms with Crippen LogP contribution in [-0.4, -0.2) is 26.2 Å². The molecule has 2 N–H and O–H groups in total. The molecule has 0 unspecified atom stereocenters. The summed E-state index contributed by atoms with van der Waals surface area (Å²) in [5, 5.41) is 6.75. The lowest BCUT2D eigenvalue weighted by atomic mass is 10.1. The lowest BCUT2D eigenvalue weighted by molar-refractivity contribution is 0.558. The molecule has 0 spiro atoms. The zero-order chi connectivity index (χ0) is 10.1. The van der Waals surface area contributed by atoms with E-state index in [2.05, 4.69) is 10.6 Å². The summed E-state index contributed by atoms with van der Waals surface area (Å²) in [7, 11) is 2.03. The van der Waals surface area contributed by atoms with Gasteiger partial charge in [-0.05, 0) is 45.8 Å². The van der Waals surface area contributed by atoms with Gasteiger partial charge in [-0.3, -0.25) is 0 Å². The Morgan fingerprint density at radius 3 is 2.00 bits per heavy atom. The second-order valence-corrected chi connectivity index (χ2v) is 4.45. The van der Waals surface area contributed by atoms with Gasteiger partial charge in [0.05, 0.1) is 0 Å². The van der Waals surface area contributed by atoms with Crippen molar-refractivity contribution >= 4 is 0 Å². The van der Waals surface area contributed by atoms with Crippen LogP contribution in [0.15, 0.2) is 0 Å². The second-order valence-electron chi connectivity index (χ2n) is 4.45. The van der Waals surface area contributed by atoms with Gasteiger partial charge in [-0.2, -0.15) is 0 Å². The zero-order valence-electron chi connectivity index (χ0n) is 9.65. The molecule has 0 radical (unpaired) electrons. The highest BCUT2D eigenvalue weighted by atomic mass is 14.9. The minimum absolute atomic E-state index is 0.894. The molecule has 1 saturated carbocycles. The van der Waals surface area contributed by atoms with Gasteiger partial charge in [0.2, 0.25) is 0 Å². The third-order valence-corrected chi connectivity index (χ3v) is 2.86. The van der Waals surface area contributed by atoms with Crippen molar-refractivity contribution in [3.8, 4) is 0 Å². The first kappa shape index (κ1) is 12.0. The highest BCUT2D eigenvalue weighted by Crippen LogP contribution is 2.18. The van der Waals surface area contributed by atoms with Gasteiger partial charge in [-0.15, -0.1) is 0 Å². The molecule has 0 heterocycles. The normalized spacial score (nSPS) is 16.1. The van der Waals surface area contributed by atoms with Crippen LogP contribution in [0.5, 0.6) is 0 Å². The fourth-order valence-electron chi connectivity index (χ4n) is 1.73. The van der Waals surface area contributed by atoms with Crippen LogP contribution >= 0.6 is 0 Å². The smallest absolute Gasteiger partial charge is 0.00682 e. The molecule has 1 aliphatic carbocycles. The maximum absolute atomic E-state index is 3.56. The zero-order valence-corrected chi connectivity index (χ0v) is 9.65. The van der Waals surface area contributed by atoms with Crippen molar-refractivity contribution in [2.24, 2.45) is 0 Å². The minimum Gasteiger partial charge on any atom is -0.320 e. The lowest BCUT2D eigenvalue weighted by Gasteiger charge is -2.03. The Bertz CT molecular complexity index is 121. The second kappa shape index (κ2) is 8.25. The van der Waals surface area contributed by atoms with Gasteiger partial charge >= 0.3 is 0 Å². The van der Waals surface area contributed by atoms with Crippen molar-refractivity contribution in [3.05, 3.63) is 0 Å². The van der Waals surface area contributed by atoms with Crippen molar-refractivity contribution in [1.82, 2.24) is 10.6 Å². The topological polar surface area (TPSA) is 24.1 Å². The molecule has 0 saturated heterocycles. The van der Waals surface area contributed by atoms with Gasteiger partial charge in [0.15, 0.2) is 0 Å². The van der Waals surface area contributed by atoms with E-state index >= 15 is 0 Å². The van der Waals surface area contributed by atoms with E-state index < -0.39 is 0 Å². The first-order valence-electron chi connectivity index (χ1n) is 6.31. The third-order valence-electron chi connectivity index (χ3n) is 2.86. The predicted octanol–water partition coefficient (Wildman–Crippen LogP) is 2.30. The minimum atomic E-state index is 0.894. The SMILES string of the molecule is CNCCCCCCCCNC1CC1. The Morgan fingerprint density at radius 2 is 1.43 bits per heavy atom. The molecule has 0 amide bonds. The number of hydrogen-bond acceptors (Lipinski definition) is 2. The van der Waals surface area contributed by atoms with Crippen molar-refractivity contribution in [3.63, 3.8) is 0 Å². The molecular weight excluding hydrogens is 172 g/mol. The summed E-state index contributed by atoms with van der Waals surface area (Å²) in [6.45, 7) is 2.43. The molecule has 2 heteroatoms. The van der Waals surface area contributed by atoms with Crippen LogP contribution in [0.2, 0.25) is 0 Å². The molecule has 0 aromatic heterocycles. The molecule has 0 aromatic rings. The maximum Gasteiger partial charge on any atom is 0.00682 e. The molecule has 0 bridgehead atoms. The van der Waals surface area contributed by atoms with Gasteiger partial charge in [0.25, 0.3) is 0 Å². The summed E-state index contributed by atoms with van der Waals surface area (Å²) < 4.78 is 0. The van der Waals surface area contributed by atoms with E-state index in [4.69, 9.17) is 0 Å². The van der Waals surface area contributed by atoms with Gasteiger partial charge in [0.1, 0.15) is 0 Å². The predicted molar refractivity (Wildman–Crippen MR) is 62.7 cm³/mol. The van der Waals surface area contributed by atoms with Gasteiger partial charge in [0, 0.05) is 6.04 Å². The van der Waals surface area contributed by atoms with E-state index in [0.717, 1.165) is 6.04 Å². The van der Waals surface area contributed by atoms with Crippen molar-refractivity contribution < 1.29 is 0 Å². The van der Waals surface area contributed by atoms with Gasteiger partial charge in [-0.1, -0.05) is 25.7 Å². The van der Waals surface area contributed by atoms with Crippen molar-refractivity contribution in [2.75, 3.05) is 20.1 Å². The summed E-state index contributed by atoms with van der Waals surface area (Å²) in [5.74, 6) is 0. The quantitative estimate of drug-likeness (QED) is 0.526. The van der Waals surface area contributed by atoms with E-state index in [-0.39, 0.29) is 0 Å². The Balaban J connectivity index is 1.63. The largest absolute Gasteiger partial charge is 0.320 e. The standard InChI is InChI=1S/C12H26N2/c1-13-10-6-4-2-3-5-7-11-14-12-8-9-12/h12-14H,2-11H2,1H3. The number of unbranched alkanes of at least 4 members (excludes halogenated alkanes) is 5. The average Bonchev–Trinajstić information content (AvgIpc) is 2.99. The summed E-state index contributed by atoms with van der Waals surface area (Å²) in [6.07, 6.45) is 11.2. The first-order chi connectivity index (χ1) is 6.93. The van der Waals surface area contributed by atoms with E-state index in [9.17, 15) is 0 Å².